The number of aliphatic imine (C=N–C) groups is 1. The number of methoxy groups -OCH3 is 1. The monoisotopic (exact) mass is 468 g/mol. The summed E-state index contributed by atoms with van der Waals surface area (Å²) in [5.74, 6) is 0.746. The van der Waals surface area contributed by atoms with E-state index in [1.165, 1.54) is 45.9 Å². The second kappa shape index (κ2) is 16.9. The van der Waals surface area contributed by atoms with Gasteiger partial charge < -0.3 is 20.3 Å². The van der Waals surface area contributed by atoms with Gasteiger partial charge in [0.15, 0.2) is 5.96 Å². The van der Waals surface area contributed by atoms with E-state index in [4.69, 9.17) is 0 Å². The van der Waals surface area contributed by atoms with E-state index in [-0.39, 0.29) is 29.9 Å². The van der Waals surface area contributed by atoms with Crippen LogP contribution in [-0.4, -0.2) is 63.2 Å². The molecule has 1 aliphatic heterocycles. The van der Waals surface area contributed by atoms with Gasteiger partial charge in [-0.1, -0.05) is 12.8 Å². The molecule has 0 bridgehead atoms. The lowest BCUT2D eigenvalue weighted by atomic mass is 10.2. The number of esters is 1. The molecule has 2 N–H and O–H groups in total. The summed E-state index contributed by atoms with van der Waals surface area (Å²) in [5.41, 5.74) is 0. The molecule has 0 aromatic rings. The number of carbonyl (C=O) groups is 1. The zero-order valence-corrected chi connectivity index (χ0v) is 18.3. The van der Waals surface area contributed by atoms with Crippen molar-refractivity contribution in [2.24, 2.45) is 4.99 Å². The number of carbonyl (C=O) groups excluding carboxylic acids is 1. The van der Waals surface area contributed by atoms with Gasteiger partial charge in [0.05, 0.1) is 7.11 Å². The van der Waals surface area contributed by atoms with Crippen molar-refractivity contribution in [2.45, 2.75) is 58.3 Å². The van der Waals surface area contributed by atoms with Crippen LogP contribution in [0.5, 0.6) is 0 Å². The molecular formula is C18H37IN4O2. The van der Waals surface area contributed by atoms with Gasteiger partial charge >= 0.3 is 5.97 Å². The molecule has 0 aliphatic carbocycles. The first kappa shape index (κ1) is 24.4. The maximum Gasteiger partial charge on any atom is 0.305 e. The summed E-state index contributed by atoms with van der Waals surface area (Å²) in [6, 6.07) is 0. The van der Waals surface area contributed by atoms with Crippen LogP contribution in [0.3, 0.4) is 0 Å². The predicted octanol–water partition coefficient (Wildman–Crippen LogP) is 2.77. The van der Waals surface area contributed by atoms with Crippen LogP contribution in [0, 0.1) is 0 Å². The minimum Gasteiger partial charge on any atom is -0.469 e. The Bertz CT molecular complexity index is 359. The van der Waals surface area contributed by atoms with Crippen molar-refractivity contribution in [1.29, 1.82) is 0 Å². The number of unbranched alkanes of at least 4 members (excludes halogenated alkanes) is 1. The number of hydrogen-bond acceptors (Lipinski definition) is 4. The van der Waals surface area contributed by atoms with Crippen molar-refractivity contribution < 1.29 is 9.53 Å². The number of ether oxygens (including phenoxy) is 1. The first-order valence-electron chi connectivity index (χ1n) is 9.57. The Morgan fingerprint density at radius 2 is 1.80 bits per heavy atom. The maximum atomic E-state index is 11.1. The number of nitrogens with one attached hydrogen (secondary N) is 2. The van der Waals surface area contributed by atoms with Crippen LogP contribution in [0.25, 0.3) is 0 Å². The number of halogens is 1. The van der Waals surface area contributed by atoms with Gasteiger partial charge in [-0.05, 0) is 58.7 Å². The number of rotatable bonds is 10. The predicted molar refractivity (Wildman–Crippen MR) is 115 cm³/mol. The van der Waals surface area contributed by atoms with Crippen molar-refractivity contribution in [3.05, 3.63) is 0 Å². The minimum absolute atomic E-state index is 0. The Kier molecular flexibility index (Phi) is 16.5. The number of hydrogen-bond donors (Lipinski definition) is 2. The molecule has 0 amide bonds. The summed E-state index contributed by atoms with van der Waals surface area (Å²) in [6.45, 7) is 8.28. The quantitative estimate of drug-likeness (QED) is 0.170. The number of likely N-dealkylation sites (tertiary alicyclic amines) is 1. The molecule has 6 nitrogen and oxygen atoms in total. The van der Waals surface area contributed by atoms with Gasteiger partial charge in [-0.3, -0.25) is 9.79 Å². The standard InChI is InChI=1S/C18H36N4O2.HI/c1-3-19-18(20-12-7-6-11-17(23)24-2)21-13-10-16-22-14-8-4-5-9-15-22;/h3-16H2,1-2H3,(H2,19,20,21);1H. The van der Waals surface area contributed by atoms with Crippen LogP contribution >= 0.6 is 24.0 Å². The van der Waals surface area contributed by atoms with Crippen LogP contribution in [0.2, 0.25) is 0 Å². The molecule has 0 aromatic carbocycles. The molecule has 1 heterocycles. The highest BCUT2D eigenvalue weighted by Gasteiger charge is 2.08. The van der Waals surface area contributed by atoms with E-state index < -0.39 is 0 Å². The van der Waals surface area contributed by atoms with E-state index in [9.17, 15) is 4.79 Å². The van der Waals surface area contributed by atoms with E-state index in [1.807, 2.05) is 0 Å². The summed E-state index contributed by atoms with van der Waals surface area (Å²) in [6.07, 6.45) is 8.85. The summed E-state index contributed by atoms with van der Waals surface area (Å²) < 4.78 is 4.64. The molecule has 0 radical (unpaired) electrons. The molecule has 1 fully saturated rings. The molecule has 7 heteroatoms. The highest BCUT2D eigenvalue weighted by Crippen LogP contribution is 2.09. The fourth-order valence-electron chi connectivity index (χ4n) is 2.89. The summed E-state index contributed by atoms with van der Waals surface area (Å²) in [5, 5.41) is 6.61. The van der Waals surface area contributed by atoms with Gasteiger partial charge in [0.1, 0.15) is 0 Å². The van der Waals surface area contributed by atoms with Crippen LogP contribution in [0.1, 0.15) is 58.3 Å². The van der Waals surface area contributed by atoms with Crippen molar-refractivity contribution >= 4 is 35.9 Å². The van der Waals surface area contributed by atoms with Crippen LogP contribution in [-0.2, 0) is 9.53 Å². The Morgan fingerprint density at radius 1 is 1.08 bits per heavy atom. The number of guanidine groups is 1. The van der Waals surface area contributed by atoms with Crippen LogP contribution in [0.15, 0.2) is 4.99 Å². The van der Waals surface area contributed by atoms with E-state index in [0.29, 0.717) is 6.42 Å². The third-order valence-corrected chi connectivity index (χ3v) is 4.27. The van der Waals surface area contributed by atoms with Gasteiger partial charge in [-0.2, -0.15) is 0 Å². The lowest BCUT2D eigenvalue weighted by molar-refractivity contribution is -0.140. The zero-order valence-electron chi connectivity index (χ0n) is 16.0. The fraction of sp³-hybridized carbons (Fsp3) is 0.889. The molecule has 1 aliphatic rings. The van der Waals surface area contributed by atoms with Crippen molar-refractivity contribution in [3.8, 4) is 0 Å². The molecule has 0 unspecified atom stereocenters. The van der Waals surface area contributed by atoms with Gasteiger partial charge in [-0.15, -0.1) is 24.0 Å². The van der Waals surface area contributed by atoms with Gasteiger partial charge in [0.25, 0.3) is 0 Å². The molecule has 0 aromatic heterocycles. The molecule has 148 valence electrons. The van der Waals surface area contributed by atoms with Gasteiger partial charge in [-0.25, -0.2) is 0 Å². The molecule has 0 atom stereocenters. The molecular weight excluding hydrogens is 431 g/mol. The molecule has 1 saturated heterocycles. The van der Waals surface area contributed by atoms with Crippen LogP contribution in [0.4, 0.5) is 0 Å². The second-order valence-corrected chi connectivity index (χ2v) is 6.33. The van der Waals surface area contributed by atoms with Crippen molar-refractivity contribution in [3.63, 3.8) is 0 Å². The van der Waals surface area contributed by atoms with Gasteiger partial charge in [0.2, 0.25) is 0 Å². The SMILES string of the molecule is CCNC(=NCCCN1CCCCCC1)NCCCCC(=O)OC.I. The lowest BCUT2D eigenvalue weighted by Crippen LogP contribution is -2.38. The molecule has 0 spiro atoms. The maximum absolute atomic E-state index is 11.1. The average molecular weight is 468 g/mol. The Morgan fingerprint density at radius 3 is 2.44 bits per heavy atom. The summed E-state index contributed by atoms with van der Waals surface area (Å²) in [4.78, 5) is 18.3. The van der Waals surface area contributed by atoms with E-state index in [1.54, 1.807) is 0 Å². The zero-order chi connectivity index (χ0) is 17.5. The molecule has 1 rings (SSSR count). The topological polar surface area (TPSA) is 66.0 Å². The lowest BCUT2D eigenvalue weighted by Gasteiger charge is -2.19. The molecule has 25 heavy (non-hydrogen) atoms. The van der Waals surface area contributed by atoms with E-state index in [0.717, 1.165) is 51.4 Å². The van der Waals surface area contributed by atoms with Crippen molar-refractivity contribution in [2.75, 3.05) is 46.4 Å². The summed E-state index contributed by atoms with van der Waals surface area (Å²) >= 11 is 0. The fourth-order valence-corrected chi connectivity index (χ4v) is 2.89. The highest BCUT2D eigenvalue weighted by atomic mass is 127. The largest absolute Gasteiger partial charge is 0.469 e. The Hall–Kier alpha value is -0.570. The average Bonchev–Trinajstić information content (AvgIpc) is 2.86. The third-order valence-electron chi connectivity index (χ3n) is 4.27. The first-order chi connectivity index (χ1) is 11.8. The number of nitrogens with zero attached hydrogens (tertiary/aromatic N) is 2. The smallest absolute Gasteiger partial charge is 0.305 e. The third kappa shape index (κ3) is 13.3. The summed E-state index contributed by atoms with van der Waals surface area (Å²) in [7, 11) is 1.43. The van der Waals surface area contributed by atoms with Crippen LogP contribution < -0.4 is 10.6 Å². The Balaban J connectivity index is 0.00000576. The first-order valence-corrected chi connectivity index (χ1v) is 9.57. The van der Waals surface area contributed by atoms with Gasteiger partial charge in [0, 0.05) is 26.1 Å². The van der Waals surface area contributed by atoms with Crippen molar-refractivity contribution in [1.82, 2.24) is 15.5 Å². The second-order valence-electron chi connectivity index (χ2n) is 6.33. The van der Waals surface area contributed by atoms with E-state index >= 15 is 0 Å². The minimum atomic E-state index is -0.135. The normalized spacial score (nSPS) is 15.8. The molecule has 0 saturated carbocycles. The van der Waals surface area contributed by atoms with E-state index in [2.05, 4.69) is 32.2 Å². The highest BCUT2D eigenvalue weighted by molar-refractivity contribution is 14.0. The Labute approximate surface area is 170 Å².